The third kappa shape index (κ3) is 5.21. The first-order valence-electron chi connectivity index (χ1n) is 6.32. The molecule has 0 aliphatic rings. The quantitative estimate of drug-likeness (QED) is 0.554. The number of aromatic nitrogens is 2. The second kappa shape index (κ2) is 7.74. The molecule has 1 heterocycles. The summed E-state index contributed by atoms with van der Waals surface area (Å²) >= 11 is 0. The molecule has 1 atom stereocenters. The molecule has 0 saturated carbocycles. The fourth-order valence-corrected chi connectivity index (χ4v) is 1.58. The van der Waals surface area contributed by atoms with Crippen molar-refractivity contribution < 1.29 is 13.9 Å². The standard InChI is InChI=1S/C13H19FN2O2/c1-3-4-5-6-7-10(2)18-13(17)11-8-16-12(14)9-15-11/h8-10H,3-7H2,1-2H3/t10-/m0/s1. The maximum atomic E-state index is 12.5. The first-order valence-corrected chi connectivity index (χ1v) is 6.32. The number of carbonyl (C=O) groups excluding carboxylic acids is 1. The summed E-state index contributed by atoms with van der Waals surface area (Å²) in [5.41, 5.74) is 0.0387. The molecule has 0 N–H and O–H groups in total. The van der Waals surface area contributed by atoms with Crippen molar-refractivity contribution in [1.29, 1.82) is 0 Å². The van der Waals surface area contributed by atoms with E-state index in [9.17, 15) is 9.18 Å². The number of ether oxygens (including phenoxy) is 1. The van der Waals surface area contributed by atoms with Gasteiger partial charge < -0.3 is 4.74 Å². The van der Waals surface area contributed by atoms with Crippen LogP contribution in [0.15, 0.2) is 12.4 Å². The summed E-state index contributed by atoms with van der Waals surface area (Å²) in [6.45, 7) is 4.00. The van der Waals surface area contributed by atoms with Gasteiger partial charge in [-0.3, -0.25) is 0 Å². The van der Waals surface area contributed by atoms with Crippen LogP contribution in [0.4, 0.5) is 4.39 Å². The Kier molecular flexibility index (Phi) is 6.25. The number of unbranched alkanes of at least 4 members (excludes halogenated alkanes) is 3. The van der Waals surface area contributed by atoms with E-state index in [1.165, 1.54) is 12.8 Å². The number of hydrogen-bond acceptors (Lipinski definition) is 4. The lowest BCUT2D eigenvalue weighted by Crippen LogP contribution is -2.16. The summed E-state index contributed by atoms with van der Waals surface area (Å²) in [5.74, 6) is -1.26. The number of halogens is 1. The molecule has 1 aromatic heterocycles. The van der Waals surface area contributed by atoms with Crippen molar-refractivity contribution in [2.24, 2.45) is 0 Å². The van der Waals surface area contributed by atoms with Crippen molar-refractivity contribution in [3.8, 4) is 0 Å². The van der Waals surface area contributed by atoms with Crippen LogP contribution < -0.4 is 0 Å². The number of rotatable bonds is 7. The van der Waals surface area contributed by atoms with Gasteiger partial charge in [0.2, 0.25) is 5.95 Å². The van der Waals surface area contributed by atoms with Gasteiger partial charge in [-0.1, -0.05) is 26.2 Å². The first-order chi connectivity index (χ1) is 8.63. The van der Waals surface area contributed by atoms with Gasteiger partial charge in [0.05, 0.1) is 18.5 Å². The molecule has 5 heteroatoms. The van der Waals surface area contributed by atoms with Crippen LogP contribution in [0.25, 0.3) is 0 Å². The Morgan fingerprint density at radius 1 is 1.33 bits per heavy atom. The van der Waals surface area contributed by atoms with E-state index >= 15 is 0 Å². The average Bonchev–Trinajstić information content (AvgIpc) is 2.35. The smallest absolute Gasteiger partial charge is 0.358 e. The van der Waals surface area contributed by atoms with E-state index in [1.807, 2.05) is 6.92 Å². The van der Waals surface area contributed by atoms with Crippen molar-refractivity contribution in [2.45, 2.75) is 52.1 Å². The molecular formula is C13H19FN2O2. The van der Waals surface area contributed by atoms with Gasteiger partial charge in [-0.25, -0.2) is 14.8 Å². The molecule has 1 aromatic rings. The molecule has 100 valence electrons. The Labute approximate surface area is 107 Å². The van der Waals surface area contributed by atoms with Gasteiger partial charge in [0.15, 0.2) is 5.69 Å². The third-order valence-electron chi connectivity index (χ3n) is 2.60. The van der Waals surface area contributed by atoms with E-state index in [4.69, 9.17) is 4.74 Å². The van der Waals surface area contributed by atoms with Crippen molar-refractivity contribution in [2.75, 3.05) is 0 Å². The molecular weight excluding hydrogens is 235 g/mol. The maximum Gasteiger partial charge on any atom is 0.358 e. The summed E-state index contributed by atoms with van der Waals surface area (Å²) in [4.78, 5) is 18.6. The van der Waals surface area contributed by atoms with Crippen molar-refractivity contribution >= 4 is 5.97 Å². The van der Waals surface area contributed by atoms with E-state index in [0.717, 1.165) is 31.7 Å². The number of hydrogen-bond donors (Lipinski definition) is 0. The van der Waals surface area contributed by atoms with Crippen LogP contribution >= 0.6 is 0 Å². The summed E-state index contributed by atoms with van der Waals surface area (Å²) < 4.78 is 17.7. The SMILES string of the molecule is CCCCCC[C@H](C)OC(=O)c1cnc(F)cn1. The van der Waals surface area contributed by atoms with Crippen LogP contribution in [0, 0.1) is 5.95 Å². The number of esters is 1. The highest BCUT2D eigenvalue weighted by Gasteiger charge is 2.13. The predicted molar refractivity (Wildman–Crippen MR) is 65.6 cm³/mol. The largest absolute Gasteiger partial charge is 0.458 e. The lowest BCUT2D eigenvalue weighted by atomic mass is 10.1. The van der Waals surface area contributed by atoms with Crippen LogP contribution in [0.3, 0.4) is 0 Å². The van der Waals surface area contributed by atoms with Gasteiger partial charge in [-0.2, -0.15) is 4.39 Å². The molecule has 0 aliphatic carbocycles. The molecule has 0 radical (unpaired) electrons. The van der Waals surface area contributed by atoms with Gasteiger partial charge in [-0.05, 0) is 19.8 Å². The maximum absolute atomic E-state index is 12.5. The van der Waals surface area contributed by atoms with Gasteiger partial charge in [0.1, 0.15) is 0 Å². The minimum atomic E-state index is -0.709. The van der Waals surface area contributed by atoms with Crippen LogP contribution in [0.2, 0.25) is 0 Å². The molecule has 0 unspecified atom stereocenters. The zero-order valence-corrected chi connectivity index (χ0v) is 10.9. The summed E-state index contributed by atoms with van der Waals surface area (Å²) in [7, 11) is 0. The molecule has 0 bridgehead atoms. The van der Waals surface area contributed by atoms with Gasteiger partial charge >= 0.3 is 5.97 Å². The summed E-state index contributed by atoms with van der Waals surface area (Å²) in [6.07, 6.45) is 7.24. The molecule has 0 aromatic carbocycles. The first kappa shape index (κ1) is 14.5. The van der Waals surface area contributed by atoms with Gasteiger partial charge in [-0.15, -0.1) is 0 Å². The molecule has 0 saturated heterocycles. The zero-order chi connectivity index (χ0) is 13.4. The highest BCUT2D eigenvalue weighted by molar-refractivity contribution is 5.86. The molecule has 0 aliphatic heterocycles. The van der Waals surface area contributed by atoms with E-state index < -0.39 is 11.9 Å². The van der Waals surface area contributed by atoms with Crippen molar-refractivity contribution in [3.63, 3.8) is 0 Å². The zero-order valence-electron chi connectivity index (χ0n) is 10.9. The van der Waals surface area contributed by atoms with Gasteiger partial charge in [0.25, 0.3) is 0 Å². The number of carbonyl (C=O) groups is 1. The highest BCUT2D eigenvalue weighted by atomic mass is 19.1. The Bertz CT molecular complexity index is 368. The molecule has 4 nitrogen and oxygen atoms in total. The Morgan fingerprint density at radius 3 is 2.72 bits per heavy atom. The minimum Gasteiger partial charge on any atom is -0.458 e. The van der Waals surface area contributed by atoms with E-state index in [2.05, 4.69) is 16.9 Å². The van der Waals surface area contributed by atoms with E-state index in [1.54, 1.807) is 0 Å². The van der Waals surface area contributed by atoms with Crippen LogP contribution in [-0.4, -0.2) is 22.0 Å². The van der Waals surface area contributed by atoms with Gasteiger partial charge in [0, 0.05) is 0 Å². The van der Waals surface area contributed by atoms with Crippen molar-refractivity contribution in [3.05, 3.63) is 24.0 Å². The molecule has 1 rings (SSSR count). The molecule has 0 spiro atoms. The fourth-order valence-electron chi connectivity index (χ4n) is 1.58. The monoisotopic (exact) mass is 254 g/mol. The van der Waals surface area contributed by atoms with E-state index in [-0.39, 0.29) is 11.8 Å². The second-order valence-corrected chi connectivity index (χ2v) is 4.29. The topological polar surface area (TPSA) is 52.1 Å². The second-order valence-electron chi connectivity index (χ2n) is 4.29. The van der Waals surface area contributed by atoms with Crippen molar-refractivity contribution in [1.82, 2.24) is 9.97 Å². The lowest BCUT2D eigenvalue weighted by molar-refractivity contribution is 0.0311. The Balaban J connectivity index is 2.33. The van der Waals surface area contributed by atoms with Crippen LogP contribution in [0.5, 0.6) is 0 Å². The molecule has 0 fully saturated rings. The van der Waals surface area contributed by atoms with E-state index in [0.29, 0.717) is 0 Å². The summed E-state index contributed by atoms with van der Waals surface area (Å²) in [6, 6.07) is 0. The highest BCUT2D eigenvalue weighted by Crippen LogP contribution is 2.09. The number of nitrogens with zero attached hydrogens (tertiary/aromatic N) is 2. The van der Waals surface area contributed by atoms with Crippen LogP contribution in [0.1, 0.15) is 56.4 Å². The average molecular weight is 254 g/mol. The Hall–Kier alpha value is -1.52. The fraction of sp³-hybridized carbons (Fsp3) is 0.615. The normalized spacial score (nSPS) is 12.2. The Morgan fingerprint density at radius 2 is 2.11 bits per heavy atom. The third-order valence-corrected chi connectivity index (χ3v) is 2.60. The lowest BCUT2D eigenvalue weighted by Gasteiger charge is -2.12. The predicted octanol–water partition coefficient (Wildman–Crippen LogP) is 3.13. The molecule has 18 heavy (non-hydrogen) atoms. The molecule has 0 amide bonds. The van der Waals surface area contributed by atoms with Crippen LogP contribution in [-0.2, 0) is 4.74 Å². The summed E-state index contributed by atoms with van der Waals surface area (Å²) in [5, 5.41) is 0. The minimum absolute atomic E-state index is 0.0387.